The minimum absolute atomic E-state index is 0.145. The van der Waals surface area contributed by atoms with Crippen molar-refractivity contribution in [1.29, 1.82) is 0 Å². The molecule has 0 bridgehead atoms. The average Bonchev–Trinajstić information content (AvgIpc) is 2.58. The molecule has 0 aromatic carbocycles. The van der Waals surface area contributed by atoms with Gasteiger partial charge in [0.15, 0.2) is 6.29 Å². The quantitative estimate of drug-likeness (QED) is 0.172. The zero-order valence-corrected chi connectivity index (χ0v) is 14.0. The van der Waals surface area contributed by atoms with Gasteiger partial charge in [-0.15, -0.1) is 0 Å². The van der Waals surface area contributed by atoms with E-state index in [1.54, 1.807) is 6.92 Å². The van der Waals surface area contributed by atoms with E-state index < -0.39 is 72.9 Å². The number of ether oxygens (including phenoxy) is 2. The Labute approximate surface area is 148 Å². The molecule has 1 saturated heterocycles. The summed E-state index contributed by atoms with van der Waals surface area (Å²) in [6, 6.07) is -1.46. The van der Waals surface area contributed by atoms with Crippen LogP contribution in [0.3, 0.4) is 0 Å². The molecule has 1 saturated carbocycles. The number of rotatable bonds is 3. The lowest BCUT2D eigenvalue weighted by Gasteiger charge is -2.45. The van der Waals surface area contributed by atoms with Gasteiger partial charge in [0.1, 0.15) is 36.6 Å². The summed E-state index contributed by atoms with van der Waals surface area (Å²) in [6.07, 6.45) is -11.7. The maximum atomic E-state index is 10.8. The Morgan fingerprint density at radius 2 is 1.58 bits per heavy atom. The summed E-state index contributed by atoms with van der Waals surface area (Å²) in [5.41, 5.74) is 11.2. The van der Waals surface area contributed by atoms with Gasteiger partial charge in [0.2, 0.25) is 5.84 Å². The van der Waals surface area contributed by atoms with E-state index >= 15 is 0 Å². The van der Waals surface area contributed by atoms with Gasteiger partial charge in [0.25, 0.3) is 0 Å². The number of hydrogen-bond acceptors (Lipinski definition) is 10. The maximum absolute atomic E-state index is 10.8. The van der Waals surface area contributed by atoms with E-state index in [0.29, 0.717) is 0 Å². The second-order valence-corrected chi connectivity index (χ2v) is 6.55. The molecule has 2 fully saturated rings. The first-order valence-corrected chi connectivity index (χ1v) is 8.08. The van der Waals surface area contributed by atoms with E-state index in [1.807, 2.05) is 0 Å². The molecule has 1 aliphatic carbocycles. The second-order valence-electron chi connectivity index (χ2n) is 6.55. The van der Waals surface area contributed by atoms with E-state index in [9.17, 15) is 30.3 Å². The van der Waals surface area contributed by atoms with Crippen molar-refractivity contribution in [3.63, 3.8) is 0 Å². The summed E-state index contributed by atoms with van der Waals surface area (Å²) in [6.45, 7) is 1.59. The van der Waals surface area contributed by atoms with Crippen LogP contribution in [0.1, 0.15) is 13.3 Å². The molecule has 0 radical (unpaired) electrons. The van der Waals surface area contributed by atoms with Crippen molar-refractivity contribution in [2.75, 3.05) is 0 Å². The number of aliphatic hydroxyl groups is 5. The van der Waals surface area contributed by atoms with Crippen LogP contribution in [0.25, 0.3) is 0 Å². The van der Waals surface area contributed by atoms with Crippen molar-refractivity contribution < 1.29 is 44.9 Å². The molecule has 10 N–H and O–H groups in total. The first-order chi connectivity index (χ1) is 12.0. The lowest BCUT2D eigenvalue weighted by atomic mass is 9.84. The van der Waals surface area contributed by atoms with Gasteiger partial charge in [-0.1, -0.05) is 0 Å². The van der Waals surface area contributed by atoms with Gasteiger partial charge < -0.3 is 51.6 Å². The Morgan fingerprint density at radius 3 is 2.08 bits per heavy atom. The van der Waals surface area contributed by atoms with E-state index in [4.69, 9.17) is 26.0 Å². The predicted molar refractivity (Wildman–Crippen MR) is 84.9 cm³/mol. The molecule has 0 spiro atoms. The van der Waals surface area contributed by atoms with Gasteiger partial charge >= 0.3 is 5.97 Å². The van der Waals surface area contributed by atoms with Crippen molar-refractivity contribution in [3.8, 4) is 0 Å². The van der Waals surface area contributed by atoms with Crippen LogP contribution >= 0.6 is 0 Å². The van der Waals surface area contributed by atoms with Crippen LogP contribution in [0.15, 0.2) is 4.99 Å². The Kier molecular flexibility index (Phi) is 6.52. The van der Waals surface area contributed by atoms with Crippen LogP contribution in [0, 0.1) is 0 Å². The first kappa shape index (κ1) is 20.9. The van der Waals surface area contributed by atoms with Crippen molar-refractivity contribution in [3.05, 3.63) is 0 Å². The number of nitrogens with two attached hydrogens (primary N) is 2. The SMILES string of the molecule is C[C@H]1O[C@@H](OC2[C@@H](O)[C@@H](O)C(O)[C@@H](O)[C@H]2O)[C@@H](N)C[C@H]1N=C(N)C(=O)O. The van der Waals surface area contributed by atoms with Gasteiger partial charge in [0.05, 0.1) is 18.2 Å². The third-order valence-corrected chi connectivity index (χ3v) is 4.64. The van der Waals surface area contributed by atoms with Gasteiger partial charge in [-0.05, 0) is 13.3 Å². The Balaban J connectivity index is 2.07. The third-order valence-electron chi connectivity index (χ3n) is 4.64. The molecule has 12 nitrogen and oxygen atoms in total. The highest BCUT2D eigenvalue weighted by molar-refractivity contribution is 6.33. The number of aliphatic carboxylic acids is 1. The zero-order chi connectivity index (χ0) is 19.8. The number of aliphatic hydroxyl groups excluding tert-OH is 5. The molecule has 2 aliphatic rings. The van der Waals surface area contributed by atoms with Crippen LogP contribution in [0.5, 0.6) is 0 Å². The van der Waals surface area contributed by atoms with Crippen LogP contribution in [0.4, 0.5) is 0 Å². The fourth-order valence-corrected chi connectivity index (χ4v) is 3.02. The topological polar surface area (TPSA) is 221 Å². The Hall–Kier alpha value is -1.38. The molecule has 2 rings (SSSR count). The predicted octanol–water partition coefficient (Wildman–Crippen LogP) is -4.54. The van der Waals surface area contributed by atoms with Crippen molar-refractivity contribution in [2.45, 2.75) is 74.4 Å². The maximum Gasteiger partial charge on any atom is 0.370 e. The number of hydrogen-bond donors (Lipinski definition) is 8. The molecule has 0 aromatic rings. The highest BCUT2D eigenvalue weighted by Crippen LogP contribution is 2.29. The number of carboxylic acids is 1. The summed E-state index contributed by atoms with van der Waals surface area (Å²) >= 11 is 0. The molecule has 150 valence electrons. The zero-order valence-electron chi connectivity index (χ0n) is 14.0. The molecule has 0 aromatic heterocycles. The lowest BCUT2D eigenvalue weighted by Crippen LogP contribution is -2.66. The fourth-order valence-electron chi connectivity index (χ4n) is 3.02. The van der Waals surface area contributed by atoms with E-state index in [2.05, 4.69) is 4.99 Å². The fraction of sp³-hybridized carbons (Fsp3) is 0.857. The molecule has 1 heterocycles. The standard InChI is InChI=1S/C14H25N3O9/c1-3-5(17-12(16)13(23)24)2-4(15)14(25-3)26-11-9(21)7(19)6(18)8(20)10(11)22/h3-11,14,18-22H,2,15H2,1H3,(H2,16,17)(H,23,24)/t3-,4+,5-,6?,7-,8+,9-,10+,11?,14+/m1/s1. The molecule has 0 amide bonds. The minimum Gasteiger partial charge on any atom is -0.475 e. The average molecular weight is 379 g/mol. The van der Waals surface area contributed by atoms with E-state index in [1.165, 1.54) is 0 Å². The highest BCUT2D eigenvalue weighted by atomic mass is 16.7. The molecule has 2 unspecified atom stereocenters. The number of amidine groups is 1. The first-order valence-electron chi connectivity index (χ1n) is 8.08. The van der Waals surface area contributed by atoms with Crippen LogP contribution in [-0.4, -0.2) is 104 Å². The summed E-state index contributed by atoms with van der Waals surface area (Å²) in [5.74, 6) is -1.96. The van der Waals surface area contributed by atoms with Crippen LogP contribution in [0.2, 0.25) is 0 Å². The van der Waals surface area contributed by atoms with Crippen molar-refractivity contribution >= 4 is 11.8 Å². The number of carbonyl (C=O) groups is 1. The van der Waals surface area contributed by atoms with Gasteiger partial charge in [0, 0.05) is 0 Å². The molecule has 10 atom stereocenters. The van der Waals surface area contributed by atoms with E-state index in [-0.39, 0.29) is 6.42 Å². The van der Waals surface area contributed by atoms with Gasteiger partial charge in [-0.25, -0.2) is 4.79 Å². The number of aliphatic imine (C=N–C) groups is 1. The molecule has 26 heavy (non-hydrogen) atoms. The summed E-state index contributed by atoms with van der Waals surface area (Å²) in [7, 11) is 0. The Bertz CT molecular complexity index is 532. The summed E-state index contributed by atoms with van der Waals surface area (Å²) < 4.78 is 11.0. The van der Waals surface area contributed by atoms with Crippen molar-refractivity contribution in [1.82, 2.24) is 0 Å². The largest absolute Gasteiger partial charge is 0.475 e. The number of carboxylic acid groups (broad SMARTS) is 1. The van der Waals surface area contributed by atoms with Gasteiger partial charge in [-0.2, -0.15) is 0 Å². The lowest BCUT2D eigenvalue weighted by molar-refractivity contribution is -0.293. The Morgan fingerprint density at radius 1 is 1.08 bits per heavy atom. The normalized spacial score (nSPS) is 47.6. The third kappa shape index (κ3) is 4.13. The summed E-state index contributed by atoms with van der Waals surface area (Å²) in [5, 5.41) is 57.8. The highest BCUT2D eigenvalue weighted by Gasteiger charge is 2.50. The molecular weight excluding hydrogens is 354 g/mol. The minimum atomic E-state index is -1.74. The monoisotopic (exact) mass is 379 g/mol. The van der Waals surface area contributed by atoms with Crippen molar-refractivity contribution in [2.24, 2.45) is 16.5 Å². The smallest absolute Gasteiger partial charge is 0.370 e. The molecule has 12 heteroatoms. The van der Waals surface area contributed by atoms with Crippen LogP contribution < -0.4 is 11.5 Å². The van der Waals surface area contributed by atoms with E-state index in [0.717, 1.165) is 0 Å². The summed E-state index contributed by atoms with van der Waals surface area (Å²) in [4.78, 5) is 14.6. The second kappa shape index (κ2) is 8.10. The molecular formula is C14H25N3O9. The number of nitrogens with zero attached hydrogens (tertiary/aromatic N) is 1. The molecule has 1 aliphatic heterocycles. The van der Waals surface area contributed by atoms with Crippen LogP contribution in [-0.2, 0) is 14.3 Å². The van der Waals surface area contributed by atoms with Gasteiger partial charge in [-0.3, -0.25) is 4.99 Å².